The Labute approximate surface area is 177 Å². The second-order valence-corrected chi connectivity index (χ2v) is 7.46. The molecule has 9 nitrogen and oxygen atoms in total. The molecule has 3 rings (SSSR count). The number of nitrogens with one attached hydrogen (secondary N) is 1. The molecule has 0 saturated heterocycles. The Morgan fingerprint density at radius 3 is 2.71 bits per heavy atom. The number of amides is 1. The van der Waals surface area contributed by atoms with Gasteiger partial charge < -0.3 is 15.4 Å². The van der Waals surface area contributed by atoms with Crippen LogP contribution < -0.4 is 5.32 Å². The first-order chi connectivity index (χ1) is 13.3. The number of aromatic nitrogens is 4. The number of aryl methyl sites for hydroxylation is 1. The smallest absolute Gasteiger partial charge is 0.358 e. The van der Waals surface area contributed by atoms with Crippen molar-refractivity contribution < 1.29 is 9.72 Å². The van der Waals surface area contributed by atoms with Gasteiger partial charge in [0.25, 0.3) is 0 Å². The van der Waals surface area contributed by atoms with E-state index in [1.165, 1.54) is 17.1 Å². The Balaban J connectivity index is 1.54. The maximum atomic E-state index is 12.1. The predicted molar refractivity (Wildman–Crippen MR) is 108 cm³/mol. The van der Waals surface area contributed by atoms with Crippen LogP contribution in [0.4, 0.5) is 11.5 Å². The Bertz CT molecular complexity index is 1040. The van der Waals surface area contributed by atoms with Gasteiger partial charge in [0.15, 0.2) is 0 Å². The van der Waals surface area contributed by atoms with Gasteiger partial charge in [-0.2, -0.15) is 9.78 Å². The quantitative estimate of drug-likeness (QED) is 0.398. The zero-order chi connectivity index (χ0) is 20.3. The van der Waals surface area contributed by atoms with Crippen LogP contribution in [0.25, 0.3) is 0 Å². The molecule has 1 N–H and O–H groups in total. The van der Waals surface area contributed by atoms with E-state index < -0.39 is 4.92 Å². The minimum atomic E-state index is -0.594. The fourth-order valence-electron chi connectivity index (χ4n) is 2.40. The average molecular weight is 488 g/mol. The number of halogens is 3. The topological polar surface area (TPSA) is 108 Å². The molecule has 0 aliphatic carbocycles. The molecular weight excluding hydrogens is 475 g/mol. The minimum Gasteiger partial charge on any atom is -0.358 e. The highest BCUT2D eigenvalue weighted by atomic mass is 79.9. The lowest BCUT2D eigenvalue weighted by molar-refractivity contribution is -0.390. The molecule has 12 heteroatoms. The number of hydrogen-bond acceptors (Lipinski definition) is 5. The van der Waals surface area contributed by atoms with Gasteiger partial charge in [0.1, 0.15) is 4.47 Å². The summed E-state index contributed by atoms with van der Waals surface area (Å²) in [6, 6.07) is 5.31. The number of nitrogens with zero attached hydrogens (tertiary/aromatic N) is 5. The van der Waals surface area contributed by atoms with Crippen LogP contribution in [0.2, 0.25) is 10.0 Å². The molecule has 1 aromatic carbocycles. The summed E-state index contributed by atoms with van der Waals surface area (Å²) >= 11 is 15.0. The first kappa shape index (κ1) is 20.3. The minimum absolute atomic E-state index is 0.100. The van der Waals surface area contributed by atoms with Gasteiger partial charge in [-0.3, -0.25) is 9.48 Å². The van der Waals surface area contributed by atoms with E-state index in [1.54, 1.807) is 23.0 Å². The molecular formula is C16H13BrCl2N6O3. The first-order valence-electron chi connectivity index (χ1n) is 7.95. The van der Waals surface area contributed by atoms with Crippen molar-refractivity contribution in [2.24, 2.45) is 0 Å². The van der Waals surface area contributed by atoms with E-state index in [0.717, 1.165) is 5.56 Å². The molecule has 0 aliphatic heterocycles. The van der Waals surface area contributed by atoms with Crippen molar-refractivity contribution in [3.8, 4) is 0 Å². The maximum absolute atomic E-state index is 12.1. The van der Waals surface area contributed by atoms with Gasteiger partial charge in [-0.25, -0.2) is 0 Å². The first-order valence-corrected chi connectivity index (χ1v) is 9.50. The van der Waals surface area contributed by atoms with E-state index in [4.69, 9.17) is 23.2 Å². The summed E-state index contributed by atoms with van der Waals surface area (Å²) in [5, 5.41) is 22.5. The fraction of sp³-hybridized carbons (Fsp3) is 0.188. The van der Waals surface area contributed by atoms with Crippen LogP contribution in [-0.4, -0.2) is 30.4 Å². The highest BCUT2D eigenvalue weighted by molar-refractivity contribution is 9.10. The number of anilines is 1. The fourth-order valence-corrected chi connectivity index (χ4v) is 3.19. The third-order valence-corrected chi connectivity index (χ3v) is 4.98. The van der Waals surface area contributed by atoms with E-state index in [1.807, 2.05) is 6.07 Å². The lowest BCUT2D eigenvalue weighted by atomic mass is 10.2. The molecule has 0 saturated carbocycles. The van der Waals surface area contributed by atoms with E-state index in [2.05, 4.69) is 31.4 Å². The third-order valence-electron chi connectivity index (χ3n) is 3.69. The van der Waals surface area contributed by atoms with Crippen LogP contribution in [0.1, 0.15) is 12.0 Å². The maximum Gasteiger partial charge on any atom is 0.404 e. The normalized spacial score (nSPS) is 10.8. The summed E-state index contributed by atoms with van der Waals surface area (Å²) in [5.74, 6) is -0.549. The molecule has 3 aromatic rings. The molecule has 2 aromatic heterocycles. The largest absolute Gasteiger partial charge is 0.404 e. The van der Waals surface area contributed by atoms with Crippen LogP contribution in [0.5, 0.6) is 0 Å². The van der Waals surface area contributed by atoms with E-state index in [0.29, 0.717) is 22.3 Å². The monoisotopic (exact) mass is 486 g/mol. The number of carbonyl (C=O) groups excluding carboxylic acids is 1. The third kappa shape index (κ3) is 5.09. The molecule has 0 atom stereocenters. The summed E-state index contributed by atoms with van der Waals surface area (Å²) in [6.07, 6.45) is 4.78. The average Bonchev–Trinajstić information content (AvgIpc) is 3.22. The molecule has 1 amide bonds. The molecule has 0 fully saturated rings. The van der Waals surface area contributed by atoms with E-state index >= 15 is 0 Å². The van der Waals surface area contributed by atoms with Crippen molar-refractivity contribution in [1.82, 2.24) is 19.6 Å². The van der Waals surface area contributed by atoms with Gasteiger partial charge in [0.2, 0.25) is 5.91 Å². The second-order valence-electron chi connectivity index (χ2n) is 5.79. The van der Waals surface area contributed by atoms with Crippen molar-refractivity contribution in [2.45, 2.75) is 19.5 Å². The summed E-state index contributed by atoms with van der Waals surface area (Å²) in [7, 11) is 0. The Hall–Kier alpha value is -2.43. The van der Waals surface area contributed by atoms with Crippen molar-refractivity contribution in [3.63, 3.8) is 0 Å². The zero-order valence-electron chi connectivity index (χ0n) is 14.2. The van der Waals surface area contributed by atoms with Gasteiger partial charge in [-0.15, -0.1) is 0 Å². The van der Waals surface area contributed by atoms with Gasteiger partial charge in [0, 0.05) is 12.6 Å². The van der Waals surface area contributed by atoms with Crippen LogP contribution in [0.15, 0.2) is 41.3 Å². The molecule has 28 heavy (non-hydrogen) atoms. The SMILES string of the molecule is O=C(CCn1cc(Br)c([N+](=O)[O-])n1)Nc1cnn(Cc2ccc(Cl)c(Cl)c2)c1. The molecule has 2 heterocycles. The van der Waals surface area contributed by atoms with Gasteiger partial charge in [-0.1, -0.05) is 29.3 Å². The second kappa shape index (κ2) is 8.72. The molecule has 0 radical (unpaired) electrons. The lowest BCUT2D eigenvalue weighted by Crippen LogP contribution is -2.14. The number of nitro groups is 1. The molecule has 146 valence electrons. The van der Waals surface area contributed by atoms with Crippen LogP contribution >= 0.6 is 39.1 Å². The summed E-state index contributed by atoms with van der Waals surface area (Å²) in [4.78, 5) is 22.3. The molecule has 0 unspecified atom stereocenters. The van der Waals surface area contributed by atoms with Crippen LogP contribution in [0, 0.1) is 10.1 Å². The van der Waals surface area contributed by atoms with Crippen LogP contribution in [0.3, 0.4) is 0 Å². The van der Waals surface area contributed by atoms with E-state index in [-0.39, 0.29) is 29.2 Å². The van der Waals surface area contributed by atoms with Crippen molar-refractivity contribution in [2.75, 3.05) is 5.32 Å². The van der Waals surface area contributed by atoms with Crippen LogP contribution in [-0.2, 0) is 17.9 Å². The van der Waals surface area contributed by atoms with Crippen molar-refractivity contribution in [3.05, 3.63) is 67.0 Å². The Morgan fingerprint density at radius 2 is 2.04 bits per heavy atom. The standard InChI is InChI=1S/C16H13BrCl2N6O3/c17-12-9-23(22-16(12)25(27)28)4-3-15(26)21-11-6-20-24(8-11)7-10-1-2-13(18)14(19)5-10/h1-2,5-6,8-9H,3-4,7H2,(H,21,26). The predicted octanol–water partition coefficient (Wildman–Crippen LogP) is 4.13. The van der Waals surface area contributed by atoms with Gasteiger partial charge in [-0.05, 0) is 38.5 Å². The molecule has 0 aliphatic rings. The van der Waals surface area contributed by atoms with Crippen molar-refractivity contribution >= 4 is 56.5 Å². The Morgan fingerprint density at radius 1 is 1.25 bits per heavy atom. The van der Waals surface area contributed by atoms with E-state index in [9.17, 15) is 14.9 Å². The van der Waals surface area contributed by atoms with Gasteiger partial charge in [0.05, 0.1) is 46.3 Å². The summed E-state index contributed by atoms with van der Waals surface area (Å²) in [5.41, 5.74) is 1.46. The Kier molecular flexibility index (Phi) is 6.32. The van der Waals surface area contributed by atoms with Gasteiger partial charge >= 0.3 is 5.82 Å². The lowest BCUT2D eigenvalue weighted by Gasteiger charge is -2.04. The summed E-state index contributed by atoms with van der Waals surface area (Å²) in [6.45, 7) is 0.674. The number of benzene rings is 1. The molecule has 0 spiro atoms. The number of hydrogen-bond donors (Lipinski definition) is 1. The number of rotatable bonds is 7. The zero-order valence-corrected chi connectivity index (χ0v) is 17.3. The van der Waals surface area contributed by atoms with Crippen molar-refractivity contribution in [1.29, 1.82) is 0 Å². The highest BCUT2D eigenvalue weighted by Gasteiger charge is 2.19. The highest BCUT2D eigenvalue weighted by Crippen LogP contribution is 2.23. The summed E-state index contributed by atoms with van der Waals surface area (Å²) < 4.78 is 3.26. The number of carbonyl (C=O) groups is 1. The molecule has 0 bridgehead atoms.